The molecule has 120 valence electrons. The predicted molar refractivity (Wildman–Crippen MR) is 90.9 cm³/mol. The minimum atomic E-state index is 0.631. The van der Waals surface area contributed by atoms with Gasteiger partial charge in [-0.3, -0.25) is 4.68 Å². The zero-order valence-corrected chi connectivity index (χ0v) is 14.2. The maximum atomic E-state index is 4.53. The summed E-state index contributed by atoms with van der Waals surface area (Å²) in [6, 6.07) is 0.631. The summed E-state index contributed by atoms with van der Waals surface area (Å²) in [6.45, 7) is 4.28. The van der Waals surface area contributed by atoms with Crippen LogP contribution in [0, 0.1) is 13.8 Å². The molecule has 2 rings (SSSR count). The van der Waals surface area contributed by atoms with Gasteiger partial charge in [0.05, 0.1) is 17.1 Å². The summed E-state index contributed by atoms with van der Waals surface area (Å²) in [7, 11) is 2.04. The molecule has 0 aromatic carbocycles. The van der Waals surface area contributed by atoms with Gasteiger partial charge in [0, 0.05) is 13.1 Å². The summed E-state index contributed by atoms with van der Waals surface area (Å²) in [4.78, 5) is 0. The van der Waals surface area contributed by atoms with Crippen molar-refractivity contribution in [3.05, 3.63) is 11.4 Å². The maximum Gasteiger partial charge on any atom is 0.0827 e. The zero-order chi connectivity index (χ0) is 15.1. The minimum absolute atomic E-state index is 0.631. The molecule has 1 aromatic rings. The fraction of sp³-hybridized carbons (Fsp3) is 0.833. The molecule has 1 aliphatic rings. The third-order valence-electron chi connectivity index (χ3n) is 4.96. The highest BCUT2D eigenvalue weighted by atomic mass is 15.3. The van der Waals surface area contributed by atoms with Gasteiger partial charge < -0.3 is 5.32 Å². The van der Waals surface area contributed by atoms with E-state index in [1.165, 1.54) is 82.0 Å². The number of nitrogens with one attached hydrogen (secondary N) is 1. The lowest BCUT2D eigenvalue weighted by atomic mass is 9.97. The Morgan fingerprint density at radius 3 is 1.76 bits per heavy atom. The molecular formula is C18H33N3. The van der Waals surface area contributed by atoms with Gasteiger partial charge in [0.15, 0.2) is 0 Å². The van der Waals surface area contributed by atoms with Gasteiger partial charge in [-0.1, -0.05) is 57.8 Å². The number of anilines is 1. The highest BCUT2D eigenvalue weighted by Gasteiger charge is 2.15. The van der Waals surface area contributed by atoms with Crippen LogP contribution in [0.3, 0.4) is 0 Å². The normalized spacial score (nSPS) is 19.8. The number of hydrogen-bond acceptors (Lipinski definition) is 2. The average molecular weight is 291 g/mol. The Morgan fingerprint density at radius 1 is 0.857 bits per heavy atom. The largest absolute Gasteiger partial charge is 0.379 e. The monoisotopic (exact) mass is 291 g/mol. The summed E-state index contributed by atoms with van der Waals surface area (Å²) in [6.07, 6.45) is 15.4. The topological polar surface area (TPSA) is 29.9 Å². The van der Waals surface area contributed by atoms with Gasteiger partial charge in [0.1, 0.15) is 0 Å². The molecule has 0 unspecified atom stereocenters. The highest BCUT2D eigenvalue weighted by molar-refractivity contribution is 5.52. The van der Waals surface area contributed by atoms with Crippen LogP contribution in [0.25, 0.3) is 0 Å². The first-order valence-corrected chi connectivity index (χ1v) is 8.95. The smallest absolute Gasteiger partial charge is 0.0827 e. The summed E-state index contributed by atoms with van der Waals surface area (Å²) in [5.41, 5.74) is 3.68. The van der Waals surface area contributed by atoms with E-state index in [4.69, 9.17) is 0 Å². The highest BCUT2D eigenvalue weighted by Crippen LogP contribution is 2.24. The molecule has 21 heavy (non-hydrogen) atoms. The Morgan fingerprint density at radius 2 is 1.33 bits per heavy atom. The molecule has 1 aromatic heterocycles. The van der Waals surface area contributed by atoms with E-state index < -0.39 is 0 Å². The lowest BCUT2D eigenvalue weighted by Crippen LogP contribution is -2.20. The van der Waals surface area contributed by atoms with Crippen LogP contribution in [0.4, 0.5) is 5.69 Å². The van der Waals surface area contributed by atoms with Gasteiger partial charge in [0.2, 0.25) is 0 Å². The van der Waals surface area contributed by atoms with Gasteiger partial charge in [-0.15, -0.1) is 0 Å². The molecule has 0 amide bonds. The number of nitrogens with zero attached hydrogens (tertiary/aromatic N) is 2. The molecule has 3 heteroatoms. The van der Waals surface area contributed by atoms with Crippen molar-refractivity contribution in [1.82, 2.24) is 9.78 Å². The van der Waals surface area contributed by atoms with Crippen LogP contribution in [-0.2, 0) is 7.05 Å². The molecule has 1 aliphatic carbocycles. The van der Waals surface area contributed by atoms with Crippen molar-refractivity contribution in [2.75, 3.05) is 5.32 Å². The Hall–Kier alpha value is -0.990. The Labute approximate surface area is 130 Å². The standard InChI is InChI=1S/C18H33N3/c1-15-18(16(2)21(3)20-15)19-17-13-11-9-7-5-4-6-8-10-12-14-17/h17,19H,4-14H2,1-3H3. The van der Waals surface area contributed by atoms with E-state index in [-0.39, 0.29) is 0 Å². The van der Waals surface area contributed by atoms with E-state index >= 15 is 0 Å². The third-order valence-corrected chi connectivity index (χ3v) is 4.96. The SMILES string of the molecule is Cc1nn(C)c(C)c1NC1CCCCCCCCCCC1. The molecule has 0 saturated heterocycles. The number of rotatable bonds is 2. The molecule has 1 fully saturated rings. The molecule has 0 spiro atoms. The van der Waals surface area contributed by atoms with Gasteiger partial charge in [-0.05, 0) is 26.7 Å². The second-order valence-electron chi connectivity index (χ2n) is 6.77. The first-order valence-electron chi connectivity index (χ1n) is 8.95. The average Bonchev–Trinajstić information content (AvgIpc) is 2.68. The van der Waals surface area contributed by atoms with Crippen LogP contribution < -0.4 is 5.32 Å². The van der Waals surface area contributed by atoms with Crippen LogP contribution >= 0.6 is 0 Å². The van der Waals surface area contributed by atoms with Crippen LogP contribution in [0.15, 0.2) is 0 Å². The molecule has 0 radical (unpaired) electrons. The van der Waals surface area contributed by atoms with Crippen LogP contribution in [0.2, 0.25) is 0 Å². The lowest BCUT2D eigenvalue weighted by molar-refractivity contribution is 0.480. The van der Waals surface area contributed by atoms with Gasteiger partial charge in [-0.2, -0.15) is 5.10 Å². The molecule has 0 aliphatic heterocycles. The second-order valence-corrected chi connectivity index (χ2v) is 6.77. The van der Waals surface area contributed by atoms with Crippen molar-refractivity contribution in [1.29, 1.82) is 0 Å². The molecule has 1 saturated carbocycles. The van der Waals surface area contributed by atoms with Crippen molar-refractivity contribution < 1.29 is 0 Å². The Balaban J connectivity index is 1.93. The van der Waals surface area contributed by atoms with E-state index in [1.54, 1.807) is 0 Å². The fourth-order valence-electron chi connectivity index (χ4n) is 3.49. The summed E-state index contributed by atoms with van der Waals surface area (Å²) in [5, 5.41) is 8.34. The summed E-state index contributed by atoms with van der Waals surface area (Å²) in [5.74, 6) is 0. The first-order chi connectivity index (χ1) is 10.2. The van der Waals surface area contributed by atoms with E-state index in [0.29, 0.717) is 6.04 Å². The van der Waals surface area contributed by atoms with Crippen molar-refractivity contribution >= 4 is 5.69 Å². The molecule has 3 nitrogen and oxygen atoms in total. The molecule has 0 bridgehead atoms. The zero-order valence-electron chi connectivity index (χ0n) is 14.2. The van der Waals surface area contributed by atoms with Crippen LogP contribution in [-0.4, -0.2) is 15.8 Å². The van der Waals surface area contributed by atoms with Crippen molar-refractivity contribution in [2.45, 2.75) is 90.5 Å². The lowest BCUT2D eigenvalue weighted by Gasteiger charge is -2.21. The summed E-state index contributed by atoms with van der Waals surface area (Å²) >= 11 is 0. The number of hydrogen-bond donors (Lipinski definition) is 1. The molecule has 0 atom stereocenters. The van der Waals surface area contributed by atoms with Crippen molar-refractivity contribution in [3.8, 4) is 0 Å². The van der Waals surface area contributed by atoms with Gasteiger partial charge >= 0.3 is 0 Å². The molecule has 1 heterocycles. The van der Waals surface area contributed by atoms with Crippen LogP contribution in [0.1, 0.15) is 82.0 Å². The van der Waals surface area contributed by atoms with E-state index in [0.717, 1.165) is 5.69 Å². The Kier molecular flexibility index (Phi) is 6.59. The second kappa shape index (κ2) is 8.45. The van der Waals surface area contributed by atoms with E-state index in [1.807, 2.05) is 11.7 Å². The number of aryl methyl sites for hydroxylation is 2. The van der Waals surface area contributed by atoms with Crippen molar-refractivity contribution in [3.63, 3.8) is 0 Å². The minimum Gasteiger partial charge on any atom is -0.379 e. The first kappa shape index (κ1) is 16.4. The van der Waals surface area contributed by atoms with Gasteiger partial charge in [0.25, 0.3) is 0 Å². The van der Waals surface area contributed by atoms with Crippen LogP contribution in [0.5, 0.6) is 0 Å². The Bertz CT molecular complexity index is 410. The fourth-order valence-corrected chi connectivity index (χ4v) is 3.49. The predicted octanol–water partition coefficient (Wildman–Crippen LogP) is 5.12. The molecular weight excluding hydrogens is 258 g/mol. The van der Waals surface area contributed by atoms with Gasteiger partial charge in [-0.25, -0.2) is 0 Å². The van der Waals surface area contributed by atoms with Crippen molar-refractivity contribution in [2.24, 2.45) is 7.05 Å². The number of aromatic nitrogens is 2. The summed E-state index contributed by atoms with van der Waals surface area (Å²) < 4.78 is 1.99. The van der Waals surface area contributed by atoms with E-state index in [2.05, 4.69) is 24.3 Å². The quantitative estimate of drug-likeness (QED) is 0.819. The third kappa shape index (κ3) is 5.05. The maximum absolute atomic E-state index is 4.53. The van der Waals surface area contributed by atoms with E-state index in [9.17, 15) is 0 Å². The molecule has 1 N–H and O–H groups in total.